The zero-order valence-corrected chi connectivity index (χ0v) is 15.1. The van der Waals surface area contributed by atoms with Crippen LogP contribution in [0, 0.1) is 41.5 Å². The van der Waals surface area contributed by atoms with Crippen molar-refractivity contribution in [2.24, 2.45) is 0 Å². The Morgan fingerprint density at radius 2 is 1.22 bits per heavy atom. The fourth-order valence-corrected chi connectivity index (χ4v) is 3.33. The van der Waals surface area contributed by atoms with Crippen LogP contribution in [0.2, 0.25) is 0 Å². The SMILES string of the molecule is C=C[N+](=CNc1c(C)cc(C)cc1C)c1c(C)cc(C)cc1C. The first-order chi connectivity index (χ1) is 10.8. The van der Waals surface area contributed by atoms with E-state index < -0.39 is 0 Å². The summed E-state index contributed by atoms with van der Waals surface area (Å²) in [5.74, 6) is 0. The monoisotopic (exact) mass is 307 g/mol. The molecular formula is C21H27N2+. The van der Waals surface area contributed by atoms with Gasteiger partial charge in [0.15, 0.2) is 0 Å². The molecule has 0 bridgehead atoms. The van der Waals surface area contributed by atoms with Gasteiger partial charge in [-0.1, -0.05) is 42.0 Å². The molecule has 1 N–H and O–H groups in total. The lowest BCUT2D eigenvalue weighted by Gasteiger charge is -2.11. The number of hydrogen-bond acceptors (Lipinski definition) is 0. The van der Waals surface area contributed by atoms with Crippen molar-refractivity contribution in [1.82, 2.24) is 0 Å². The highest BCUT2D eigenvalue weighted by atomic mass is 15.1. The van der Waals surface area contributed by atoms with E-state index in [4.69, 9.17) is 0 Å². The zero-order valence-electron chi connectivity index (χ0n) is 15.1. The predicted molar refractivity (Wildman–Crippen MR) is 101 cm³/mol. The summed E-state index contributed by atoms with van der Waals surface area (Å²) in [5, 5.41) is 3.46. The smallest absolute Gasteiger partial charge is 0.246 e. The average Bonchev–Trinajstić information content (AvgIpc) is 2.42. The number of hydrogen-bond donors (Lipinski definition) is 1. The molecule has 2 aromatic rings. The summed E-state index contributed by atoms with van der Waals surface area (Å²) in [5.41, 5.74) is 9.91. The summed E-state index contributed by atoms with van der Waals surface area (Å²) in [6, 6.07) is 8.80. The van der Waals surface area contributed by atoms with Crippen LogP contribution >= 0.6 is 0 Å². The van der Waals surface area contributed by atoms with E-state index in [1.807, 2.05) is 12.5 Å². The standard InChI is InChI=1S/C21H26N2/c1-8-23(21-18(6)11-15(3)12-19(21)7)13-22-20-16(4)9-14(2)10-17(20)5/h8-13H,1H2,2-7H3/p+1. The number of benzene rings is 2. The van der Waals surface area contributed by atoms with Gasteiger partial charge in [-0.2, -0.15) is 0 Å². The maximum atomic E-state index is 3.97. The van der Waals surface area contributed by atoms with Gasteiger partial charge in [0.1, 0.15) is 11.4 Å². The van der Waals surface area contributed by atoms with Crippen LogP contribution < -0.4 is 5.32 Å². The van der Waals surface area contributed by atoms with Gasteiger partial charge >= 0.3 is 0 Å². The highest BCUT2D eigenvalue weighted by molar-refractivity contribution is 5.77. The molecule has 0 spiro atoms. The molecule has 0 unspecified atom stereocenters. The number of aryl methyl sites for hydroxylation is 6. The van der Waals surface area contributed by atoms with Gasteiger partial charge in [-0.15, -0.1) is 0 Å². The third kappa shape index (κ3) is 3.70. The fourth-order valence-electron chi connectivity index (χ4n) is 3.33. The van der Waals surface area contributed by atoms with Crippen molar-refractivity contribution >= 4 is 17.7 Å². The summed E-state index contributed by atoms with van der Waals surface area (Å²) >= 11 is 0. The Labute approximate surface area is 140 Å². The lowest BCUT2D eigenvalue weighted by molar-refractivity contribution is -0.355. The van der Waals surface area contributed by atoms with Crippen LogP contribution in [0.5, 0.6) is 0 Å². The van der Waals surface area contributed by atoms with E-state index in [1.165, 1.54) is 39.1 Å². The second-order valence-electron chi connectivity index (χ2n) is 6.38. The van der Waals surface area contributed by atoms with Gasteiger partial charge in [0, 0.05) is 0 Å². The second kappa shape index (κ2) is 6.82. The summed E-state index contributed by atoms with van der Waals surface area (Å²) in [4.78, 5) is 0. The Kier molecular flexibility index (Phi) is 5.05. The van der Waals surface area contributed by atoms with Crippen molar-refractivity contribution < 1.29 is 4.58 Å². The molecule has 0 saturated heterocycles. The van der Waals surface area contributed by atoms with Crippen molar-refractivity contribution in [2.75, 3.05) is 5.32 Å². The molecule has 0 saturated carbocycles. The minimum absolute atomic E-state index is 1.16. The maximum absolute atomic E-state index is 3.97. The minimum atomic E-state index is 1.16. The van der Waals surface area contributed by atoms with Gasteiger partial charge in [0.2, 0.25) is 6.34 Å². The Balaban J connectivity index is 2.44. The van der Waals surface area contributed by atoms with Crippen LogP contribution in [0.4, 0.5) is 11.4 Å². The summed E-state index contributed by atoms with van der Waals surface area (Å²) in [6.07, 6.45) is 3.83. The maximum Gasteiger partial charge on any atom is 0.246 e. The van der Waals surface area contributed by atoms with E-state index >= 15 is 0 Å². The molecule has 0 fully saturated rings. The second-order valence-corrected chi connectivity index (χ2v) is 6.38. The van der Waals surface area contributed by atoms with Crippen LogP contribution in [-0.2, 0) is 0 Å². The highest BCUT2D eigenvalue weighted by Crippen LogP contribution is 2.25. The number of nitrogens with one attached hydrogen (secondary N) is 1. The number of anilines is 1. The molecule has 23 heavy (non-hydrogen) atoms. The van der Waals surface area contributed by atoms with E-state index in [9.17, 15) is 0 Å². The lowest BCUT2D eigenvalue weighted by atomic mass is 10.0. The van der Waals surface area contributed by atoms with E-state index in [2.05, 4.69) is 82.3 Å². The van der Waals surface area contributed by atoms with E-state index in [0.717, 1.165) is 5.69 Å². The predicted octanol–water partition coefficient (Wildman–Crippen LogP) is 5.47. The Morgan fingerprint density at radius 3 is 1.65 bits per heavy atom. The van der Waals surface area contributed by atoms with Gasteiger partial charge in [0.05, 0.1) is 6.20 Å². The minimum Gasteiger partial charge on any atom is -0.246 e. The average molecular weight is 307 g/mol. The Hall–Kier alpha value is -2.35. The summed E-state index contributed by atoms with van der Waals surface area (Å²) in [7, 11) is 0. The molecule has 0 aromatic heterocycles. The van der Waals surface area contributed by atoms with E-state index in [0.29, 0.717) is 0 Å². The Morgan fingerprint density at radius 1 is 0.783 bits per heavy atom. The molecule has 2 rings (SSSR count). The molecule has 0 heterocycles. The van der Waals surface area contributed by atoms with Crippen molar-refractivity contribution in [3.05, 3.63) is 70.4 Å². The first-order valence-electron chi connectivity index (χ1n) is 8.00. The molecule has 0 aliphatic carbocycles. The first-order valence-corrected chi connectivity index (χ1v) is 8.00. The van der Waals surface area contributed by atoms with Gasteiger partial charge in [-0.05, 0) is 63.8 Å². The topological polar surface area (TPSA) is 15.0 Å². The Bertz CT molecular complexity index is 736. The molecule has 2 heteroatoms. The number of nitrogens with zero attached hydrogens (tertiary/aromatic N) is 1. The van der Waals surface area contributed by atoms with Crippen LogP contribution in [0.15, 0.2) is 37.0 Å². The summed E-state index contributed by atoms with van der Waals surface area (Å²) in [6.45, 7) is 16.8. The normalized spacial score (nSPS) is 11.5. The molecule has 2 nitrogen and oxygen atoms in total. The van der Waals surface area contributed by atoms with Crippen molar-refractivity contribution in [1.29, 1.82) is 0 Å². The lowest BCUT2D eigenvalue weighted by Crippen LogP contribution is -2.10. The zero-order chi connectivity index (χ0) is 17.1. The third-order valence-electron chi connectivity index (χ3n) is 4.12. The quantitative estimate of drug-likeness (QED) is 0.450. The van der Waals surface area contributed by atoms with Crippen molar-refractivity contribution in [3.63, 3.8) is 0 Å². The molecule has 0 atom stereocenters. The number of rotatable bonds is 4. The van der Waals surface area contributed by atoms with E-state index in [1.54, 1.807) is 0 Å². The molecule has 0 amide bonds. The van der Waals surface area contributed by atoms with Crippen LogP contribution in [0.1, 0.15) is 33.4 Å². The first kappa shape index (κ1) is 17.0. The van der Waals surface area contributed by atoms with Crippen molar-refractivity contribution in [2.45, 2.75) is 41.5 Å². The van der Waals surface area contributed by atoms with Gasteiger partial charge in [-0.3, -0.25) is 0 Å². The van der Waals surface area contributed by atoms with Gasteiger partial charge in [-0.25, -0.2) is 9.89 Å². The fraction of sp³-hybridized carbons (Fsp3) is 0.286. The van der Waals surface area contributed by atoms with Gasteiger partial charge in [0.25, 0.3) is 0 Å². The third-order valence-corrected chi connectivity index (χ3v) is 4.12. The largest absolute Gasteiger partial charge is 0.246 e. The van der Waals surface area contributed by atoms with Crippen LogP contribution in [-0.4, -0.2) is 10.9 Å². The molecule has 0 aliphatic heterocycles. The molecule has 0 aliphatic rings. The molecule has 2 aromatic carbocycles. The van der Waals surface area contributed by atoms with Crippen molar-refractivity contribution in [3.8, 4) is 0 Å². The summed E-state index contributed by atoms with van der Waals surface area (Å²) < 4.78 is 2.06. The van der Waals surface area contributed by atoms with Crippen LogP contribution in [0.25, 0.3) is 0 Å². The molecular weight excluding hydrogens is 280 g/mol. The van der Waals surface area contributed by atoms with E-state index in [-0.39, 0.29) is 0 Å². The highest BCUT2D eigenvalue weighted by Gasteiger charge is 2.12. The van der Waals surface area contributed by atoms with Gasteiger partial charge < -0.3 is 0 Å². The molecule has 120 valence electrons. The molecule has 0 radical (unpaired) electrons. The van der Waals surface area contributed by atoms with Crippen LogP contribution in [0.3, 0.4) is 0 Å².